The van der Waals surface area contributed by atoms with Gasteiger partial charge in [0, 0.05) is 17.3 Å². The van der Waals surface area contributed by atoms with Gasteiger partial charge in [-0.15, -0.1) is 0 Å². The van der Waals surface area contributed by atoms with Crippen LogP contribution in [0.2, 0.25) is 0 Å². The fourth-order valence-electron chi connectivity index (χ4n) is 5.20. The molecule has 3 nitrogen and oxygen atoms in total. The predicted molar refractivity (Wildman–Crippen MR) is 164 cm³/mol. The largest absolute Gasteiger partial charge is 0.436 e. The first-order valence-electron chi connectivity index (χ1n) is 13.4. The third kappa shape index (κ3) is 4.88. The van der Waals surface area contributed by atoms with Crippen molar-refractivity contribution in [3.63, 3.8) is 0 Å². The fourth-order valence-corrected chi connectivity index (χ4v) is 5.20. The van der Waals surface area contributed by atoms with Crippen molar-refractivity contribution in [3.05, 3.63) is 119 Å². The normalized spacial score (nSPS) is 12.1. The van der Waals surface area contributed by atoms with E-state index in [0.717, 1.165) is 39.0 Å². The molecule has 6 aromatic rings. The first kappa shape index (κ1) is 24.8. The van der Waals surface area contributed by atoms with Crippen molar-refractivity contribution in [2.75, 3.05) is 0 Å². The number of oxazole rings is 1. The highest BCUT2D eigenvalue weighted by atomic mass is 16.3. The Morgan fingerprint density at radius 2 is 1.46 bits per heavy atom. The molecule has 0 bridgehead atoms. The van der Waals surface area contributed by atoms with Gasteiger partial charge < -0.3 is 4.42 Å². The summed E-state index contributed by atoms with van der Waals surface area (Å²) in [5.74, 6) is 0.576. The van der Waals surface area contributed by atoms with Crippen molar-refractivity contribution in [3.8, 4) is 22.6 Å². The topological polar surface area (TPSA) is 38.4 Å². The maximum atomic E-state index is 6.49. The van der Waals surface area contributed by atoms with Crippen LogP contribution in [-0.2, 0) is 5.41 Å². The Kier molecular flexibility index (Phi) is 6.15. The molecule has 0 N–H and O–H groups in total. The van der Waals surface area contributed by atoms with E-state index in [2.05, 4.69) is 107 Å². The van der Waals surface area contributed by atoms with Crippen LogP contribution in [-0.4, -0.2) is 11.2 Å². The van der Waals surface area contributed by atoms with Crippen LogP contribution < -0.4 is 0 Å². The number of rotatable bonds is 4. The summed E-state index contributed by atoms with van der Waals surface area (Å²) < 4.78 is 6.49. The zero-order valence-electron chi connectivity index (χ0n) is 23.1. The molecule has 192 valence electrons. The number of aryl methyl sites for hydroxylation is 2. The molecule has 0 aliphatic carbocycles. The standard InChI is InChI=1S/C36H32N2O/c1-23-17-24(2)19-27(18-23)31-20-28(36(3,4)5)21-33-34(31)38-35(39-33)30-15-8-9-16-32(30)37-22-26-13-10-12-25-11-6-7-14-29(25)26/h6-22H,1-5H3. The third-order valence-electron chi connectivity index (χ3n) is 7.19. The van der Waals surface area contributed by atoms with Crippen LogP contribution in [0, 0.1) is 13.8 Å². The second kappa shape index (κ2) is 9.67. The van der Waals surface area contributed by atoms with Gasteiger partial charge in [0.1, 0.15) is 5.52 Å². The molecule has 0 atom stereocenters. The third-order valence-corrected chi connectivity index (χ3v) is 7.19. The number of aromatic nitrogens is 1. The lowest BCUT2D eigenvalue weighted by atomic mass is 9.84. The lowest BCUT2D eigenvalue weighted by Crippen LogP contribution is -2.11. The molecule has 0 amide bonds. The summed E-state index contributed by atoms with van der Waals surface area (Å²) in [5.41, 5.74) is 10.3. The summed E-state index contributed by atoms with van der Waals surface area (Å²) in [6, 6.07) is 33.8. The Bertz CT molecular complexity index is 1840. The molecule has 0 radical (unpaired) electrons. The Morgan fingerprint density at radius 3 is 2.26 bits per heavy atom. The molecule has 0 saturated carbocycles. The van der Waals surface area contributed by atoms with Crippen molar-refractivity contribution in [1.29, 1.82) is 0 Å². The van der Waals surface area contributed by atoms with E-state index >= 15 is 0 Å². The van der Waals surface area contributed by atoms with Crippen molar-refractivity contribution in [2.24, 2.45) is 4.99 Å². The molecule has 0 saturated heterocycles. The maximum absolute atomic E-state index is 6.49. The van der Waals surface area contributed by atoms with E-state index in [1.54, 1.807) is 0 Å². The molecule has 0 unspecified atom stereocenters. The van der Waals surface area contributed by atoms with Crippen LogP contribution in [0.1, 0.15) is 43.0 Å². The smallest absolute Gasteiger partial charge is 0.229 e. The minimum Gasteiger partial charge on any atom is -0.436 e. The van der Waals surface area contributed by atoms with Gasteiger partial charge in [-0.1, -0.05) is 105 Å². The molecule has 3 heteroatoms. The van der Waals surface area contributed by atoms with Gasteiger partial charge in [0.25, 0.3) is 0 Å². The predicted octanol–water partition coefficient (Wildman–Crippen LogP) is 9.98. The van der Waals surface area contributed by atoms with Gasteiger partial charge in [0.2, 0.25) is 5.89 Å². The van der Waals surface area contributed by atoms with E-state index < -0.39 is 0 Å². The summed E-state index contributed by atoms with van der Waals surface area (Å²) in [7, 11) is 0. The lowest BCUT2D eigenvalue weighted by Gasteiger charge is -2.20. The fraction of sp³-hybridized carbons (Fsp3) is 0.167. The maximum Gasteiger partial charge on any atom is 0.229 e. The Labute approximate surface area is 229 Å². The average Bonchev–Trinajstić information content (AvgIpc) is 3.35. The molecule has 1 heterocycles. The van der Waals surface area contributed by atoms with Crippen LogP contribution in [0.4, 0.5) is 5.69 Å². The van der Waals surface area contributed by atoms with Gasteiger partial charge in [0.15, 0.2) is 5.58 Å². The van der Waals surface area contributed by atoms with Crippen LogP contribution in [0.25, 0.3) is 44.5 Å². The zero-order chi connectivity index (χ0) is 27.1. The van der Waals surface area contributed by atoms with Gasteiger partial charge in [-0.2, -0.15) is 0 Å². The van der Waals surface area contributed by atoms with E-state index in [1.807, 2.05) is 30.5 Å². The quantitative estimate of drug-likeness (QED) is 0.222. The average molecular weight is 509 g/mol. The van der Waals surface area contributed by atoms with E-state index in [1.165, 1.54) is 27.5 Å². The number of benzene rings is 5. The second-order valence-corrected chi connectivity index (χ2v) is 11.4. The summed E-state index contributed by atoms with van der Waals surface area (Å²) in [6.07, 6.45) is 1.93. The monoisotopic (exact) mass is 508 g/mol. The van der Waals surface area contributed by atoms with E-state index in [4.69, 9.17) is 14.4 Å². The van der Waals surface area contributed by atoms with E-state index in [9.17, 15) is 0 Å². The Balaban J connectivity index is 1.50. The Morgan fingerprint density at radius 1 is 0.744 bits per heavy atom. The molecule has 6 rings (SSSR count). The number of fused-ring (bicyclic) bond motifs is 2. The highest BCUT2D eigenvalue weighted by Crippen LogP contribution is 2.39. The highest BCUT2D eigenvalue weighted by Gasteiger charge is 2.21. The minimum absolute atomic E-state index is 0.0323. The Hall–Kier alpha value is -4.50. The van der Waals surface area contributed by atoms with Gasteiger partial charge >= 0.3 is 0 Å². The summed E-state index contributed by atoms with van der Waals surface area (Å²) in [6.45, 7) is 11.0. The van der Waals surface area contributed by atoms with E-state index in [-0.39, 0.29) is 5.41 Å². The molecule has 0 aliphatic heterocycles. The zero-order valence-corrected chi connectivity index (χ0v) is 23.1. The SMILES string of the molecule is Cc1cc(C)cc(-c2cc(C(C)(C)C)cc3oc(-c4ccccc4N=Cc4cccc5ccccc45)nc23)c1. The molecular weight excluding hydrogens is 476 g/mol. The van der Waals surface area contributed by atoms with Crippen LogP contribution in [0.15, 0.2) is 106 Å². The summed E-state index contributed by atoms with van der Waals surface area (Å²) in [5, 5.41) is 2.37. The minimum atomic E-state index is -0.0323. The van der Waals surface area contributed by atoms with E-state index in [0.29, 0.717) is 5.89 Å². The van der Waals surface area contributed by atoms with Crippen LogP contribution in [0.3, 0.4) is 0 Å². The number of hydrogen-bond acceptors (Lipinski definition) is 3. The van der Waals surface area contributed by atoms with Crippen molar-refractivity contribution in [1.82, 2.24) is 4.98 Å². The first-order chi connectivity index (χ1) is 18.8. The molecule has 1 aromatic heterocycles. The first-order valence-corrected chi connectivity index (χ1v) is 13.4. The highest BCUT2D eigenvalue weighted by molar-refractivity contribution is 6.01. The van der Waals surface area contributed by atoms with Crippen LogP contribution in [0.5, 0.6) is 0 Å². The molecule has 5 aromatic carbocycles. The lowest BCUT2D eigenvalue weighted by molar-refractivity contribution is 0.584. The van der Waals surface area contributed by atoms with Crippen molar-refractivity contribution in [2.45, 2.75) is 40.0 Å². The van der Waals surface area contributed by atoms with Gasteiger partial charge in [-0.05, 0) is 65.4 Å². The second-order valence-electron chi connectivity index (χ2n) is 11.4. The number of aliphatic imine (C=N–C) groups is 1. The molecule has 0 spiro atoms. The number of nitrogens with zero attached hydrogens (tertiary/aromatic N) is 2. The van der Waals surface area contributed by atoms with Crippen molar-refractivity contribution >= 4 is 33.8 Å². The van der Waals surface area contributed by atoms with Gasteiger partial charge in [-0.25, -0.2) is 4.98 Å². The van der Waals surface area contributed by atoms with Crippen LogP contribution >= 0.6 is 0 Å². The van der Waals surface area contributed by atoms with Crippen molar-refractivity contribution < 1.29 is 4.42 Å². The molecule has 0 aliphatic rings. The molecular formula is C36H32N2O. The summed E-state index contributed by atoms with van der Waals surface area (Å²) in [4.78, 5) is 9.98. The summed E-state index contributed by atoms with van der Waals surface area (Å²) >= 11 is 0. The van der Waals surface area contributed by atoms with Gasteiger partial charge in [-0.3, -0.25) is 4.99 Å². The van der Waals surface area contributed by atoms with Gasteiger partial charge in [0.05, 0.1) is 11.3 Å². The number of hydrogen-bond donors (Lipinski definition) is 0. The molecule has 39 heavy (non-hydrogen) atoms. The molecule has 0 fully saturated rings. The number of para-hydroxylation sites is 1.